The molecule has 1 amide bonds. The van der Waals surface area contributed by atoms with Crippen LogP contribution in [0.2, 0.25) is 0 Å². The first-order valence-electron chi connectivity index (χ1n) is 9.85. The van der Waals surface area contributed by atoms with Gasteiger partial charge in [0.25, 0.3) is 5.91 Å². The maximum Gasteiger partial charge on any atom is 0.251 e. The number of amides is 1. The summed E-state index contributed by atoms with van der Waals surface area (Å²) in [5, 5.41) is 4.39. The highest BCUT2D eigenvalue weighted by atomic mass is 16.1. The normalized spacial score (nSPS) is 18.3. The Hall–Kier alpha value is -1.81. The molecule has 1 saturated heterocycles. The molecular formula is C21H29N3O. The Balaban J connectivity index is 1.46. The first kappa shape index (κ1) is 16.6. The largest absolute Gasteiger partial charge is 0.351 e. The van der Waals surface area contributed by atoms with Gasteiger partial charge in [0, 0.05) is 42.3 Å². The molecule has 1 aromatic carbocycles. The molecule has 1 N–H and O–H groups in total. The van der Waals surface area contributed by atoms with E-state index in [1.165, 1.54) is 67.4 Å². The van der Waals surface area contributed by atoms with Crippen molar-refractivity contribution in [3.63, 3.8) is 0 Å². The summed E-state index contributed by atoms with van der Waals surface area (Å²) in [6, 6.07) is 6.20. The van der Waals surface area contributed by atoms with Crippen LogP contribution < -0.4 is 5.32 Å². The summed E-state index contributed by atoms with van der Waals surface area (Å²) in [7, 11) is 2.16. The van der Waals surface area contributed by atoms with Crippen LogP contribution in [0.4, 0.5) is 0 Å². The van der Waals surface area contributed by atoms with Gasteiger partial charge in [0.05, 0.1) is 0 Å². The van der Waals surface area contributed by atoms with Crippen LogP contribution in [-0.4, -0.2) is 41.6 Å². The lowest BCUT2D eigenvalue weighted by Crippen LogP contribution is -2.37. The summed E-state index contributed by atoms with van der Waals surface area (Å²) in [5.74, 6) is 0.0623. The topological polar surface area (TPSA) is 37.3 Å². The van der Waals surface area contributed by atoms with Gasteiger partial charge < -0.3 is 14.8 Å². The number of likely N-dealkylation sites (tertiary alicyclic amines) is 1. The van der Waals surface area contributed by atoms with Gasteiger partial charge in [-0.2, -0.15) is 0 Å². The highest BCUT2D eigenvalue weighted by molar-refractivity contribution is 5.99. The molecule has 0 radical (unpaired) electrons. The van der Waals surface area contributed by atoms with E-state index in [0.29, 0.717) is 0 Å². The maximum atomic E-state index is 12.6. The maximum absolute atomic E-state index is 12.6. The molecule has 2 heterocycles. The van der Waals surface area contributed by atoms with Crippen LogP contribution in [0.25, 0.3) is 10.9 Å². The molecule has 4 rings (SSSR count). The van der Waals surface area contributed by atoms with Gasteiger partial charge >= 0.3 is 0 Å². The third-order valence-corrected chi connectivity index (χ3v) is 5.95. The Morgan fingerprint density at radius 1 is 1.08 bits per heavy atom. The second-order valence-electron chi connectivity index (χ2n) is 7.58. The van der Waals surface area contributed by atoms with Crippen molar-refractivity contribution in [2.24, 2.45) is 7.05 Å². The van der Waals surface area contributed by atoms with Crippen molar-refractivity contribution in [3.8, 4) is 0 Å². The van der Waals surface area contributed by atoms with E-state index in [9.17, 15) is 4.79 Å². The highest BCUT2D eigenvalue weighted by Crippen LogP contribution is 2.31. The SMILES string of the molecule is Cn1c2c(c3cc(C(=O)NCCN4CCCCC4)ccc31)CCCC2. The number of rotatable bonds is 4. The molecule has 134 valence electrons. The minimum Gasteiger partial charge on any atom is -0.351 e. The molecule has 0 unspecified atom stereocenters. The van der Waals surface area contributed by atoms with Crippen molar-refractivity contribution in [2.75, 3.05) is 26.2 Å². The zero-order valence-electron chi connectivity index (χ0n) is 15.3. The van der Waals surface area contributed by atoms with Crippen molar-refractivity contribution in [3.05, 3.63) is 35.0 Å². The van der Waals surface area contributed by atoms with Crippen LogP contribution in [0.3, 0.4) is 0 Å². The quantitative estimate of drug-likeness (QED) is 0.928. The molecule has 2 aromatic rings. The number of nitrogens with one attached hydrogen (secondary N) is 1. The van der Waals surface area contributed by atoms with E-state index in [1.807, 2.05) is 6.07 Å². The molecule has 4 heteroatoms. The fourth-order valence-electron chi connectivity index (χ4n) is 4.52. The standard InChI is InChI=1S/C21H29N3O/c1-23-19-8-4-3-7-17(19)18-15-16(9-10-20(18)23)21(25)22-11-14-24-12-5-2-6-13-24/h9-10,15H,2-8,11-14H2,1H3,(H,22,25). The summed E-state index contributed by atoms with van der Waals surface area (Å²) in [6.07, 6.45) is 8.79. The minimum atomic E-state index is 0.0623. The highest BCUT2D eigenvalue weighted by Gasteiger charge is 2.19. The average molecular weight is 339 g/mol. The molecular weight excluding hydrogens is 310 g/mol. The number of carbonyl (C=O) groups excluding carboxylic acids is 1. The fourth-order valence-corrected chi connectivity index (χ4v) is 4.52. The number of nitrogens with zero attached hydrogens (tertiary/aromatic N) is 2. The molecule has 4 nitrogen and oxygen atoms in total. The minimum absolute atomic E-state index is 0.0623. The molecule has 1 aliphatic heterocycles. The number of piperidine rings is 1. The smallest absolute Gasteiger partial charge is 0.251 e. The molecule has 0 atom stereocenters. The Morgan fingerprint density at radius 2 is 1.88 bits per heavy atom. The Morgan fingerprint density at radius 3 is 2.72 bits per heavy atom. The monoisotopic (exact) mass is 339 g/mol. The number of aromatic nitrogens is 1. The second kappa shape index (κ2) is 7.20. The molecule has 1 aliphatic carbocycles. The summed E-state index contributed by atoms with van der Waals surface area (Å²) in [5.41, 5.74) is 4.98. The van der Waals surface area contributed by atoms with Gasteiger partial charge in [-0.15, -0.1) is 0 Å². The van der Waals surface area contributed by atoms with E-state index < -0.39 is 0 Å². The van der Waals surface area contributed by atoms with Crippen molar-refractivity contribution < 1.29 is 4.79 Å². The van der Waals surface area contributed by atoms with Crippen LogP contribution in [0.5, 0.6) is 0 Å². The number of benzene rings is 1. The summed E-state index contributed by atoms with van der Waals surface area (Å²) < 4.78 is 2.32. The third kappa shape index (κ3) is 3.32. The Kier molecular flexibility index (Phi) is 4.80. The zero-order chi connectivity index (χ0) is 17.2. The van der Waals surface area contributed by atoms with Crippen molar-refractivity contribution in [1.82, 2.24) is 14.8 Å². The molecule has 0 spiro atoms. The number of carbonyl (C=O) groups is 1. The predicted octanol–water partition coefficient (Wildman–Crippen LogP) is 3.27. The average Bonchev–Trinajstić information content (AvgIpc) is 2.95. The van der Waals surface area contributed by atoms with Crippen LogP contribution in [0.1, 0.15) is 53.7 Å². The van der Waals surface area contributed by atoms with E-state index in [0.717, 1.165) is 31.5 Å². The lowest BCUT2D eigenvalue weighted by atomic mass is 9.95. The summed E-state index contributed by atoms with van der Waals surface area (Å²) in [6.45, 7) is 4.06. The lowest BCUT2D eigenvalue weighted by molar-refractivity contribution is 0.0946. The molecule has 1 fully saturated rings. The molecule has 25 heavy (non-hydrogen) atoms. The van der Waals surface area contributed by atoms with Crippen LogP contribution >= 0.6 is 0 Å². The third-order valence-electron chi connectivity index (χ3n) is 5.95. The predicted molar refractivity (Wildman–Crippen MR) is 102 cm³/mol. The molecule has 1 aromatic heterocycles. The first-order chi connectivity index (χ1) is 12.2. The van der Waals surface area contributed by atoms with Crippen LogP contribution in [-0.2, 0) is 19.9 Å². The number of fused-ring (bicyclic) bond motifs is 3. The number of hydrogen-bond donors (Lipinski definition) is 1. The Labute approximate surface area is 150 Å². The van der Waals surface area contributed by atoms with Gasteiger partial charge in [-0.1, -0.05) is 6.42 Å². The van der Waals surface area contributed by atoms with Crippen molar-refractivity contribution in [2.45, 2.75) is 44.9 Å². The van der Waals surface area contributed by atoms with Gasteiger partial charge in [-0.05, 0) is 75.4 Å². The lowest BCUT2D eigenvalue weighted by Gasteiger charge is -2.26. The zero-order valence-corrected chi connectivity index (χ0v) is 15.3. The van der Waals surface area contributed by atoms with E-state index in [4.69, 9.17) is 0 Å². The Bertz CT molecular complexity index is 771. The van der Waals surface area contributed by atoms with E-state index in [-0.39, 0.29) is 5.91 Å². The number of aryl methyl sites for hydroxylation is 2. The van der Waals surface area contributed by atoms with Crippen molar-refractivity contribution in [1.29, 1.82) is 0 Å². The van der Waals surface area contributed by atoms with E-state index >= 15 is 0 Å². The number of hydrogen-bond acceptors (Lipinski definition) is 2. The summed E-state index contributed by atoms with van der Waals surface area (Å²) in [4.78, 5) is 15.0. The first-order valence-corrected chi connectivity index (χ1v) is 9.85. The van der Waals surface area contributed by atoms with E-state index in [2.05, 4.69) is 34.0 Å². The molecule has 2 aliphatic rings. The fraction of sp³-hybridized carbons (Fsp3) is 0.571. The molecule has 0 saturated carbocycles. The van der Waals surface area contributed by atoms with Crippen molar-refractivity contribution >= 4 is 16.8 Å². The molecule has 0 bridgehead atoms. The van der Waals surface area contributed by atoms with Crippen LogP contribution in [0, 0.1) is 0 Å². The van der Waals surface area contributed by atoms with Gasteiger partial charge in [0.1, 0.15) is 0 Å². The van der Waals surface area contributed by atoms with Gasteiger partial charge in [0.2, 0.25) is 0 Å². The van der Waals surface area contributed by atoms with Gasteiger partial charge in [-0.3, -0.25) is 4.79 Å². The van der Waals surface area contributed by atoms with E-state index in [1.54, 1.807) is 0 Å². The summed E-state index contributed by atoms with van der Waals surface area (Å²) >= 11 is 0. The van der Waals surface area contributed by atoms with Gasteiger partial charge in [-0.25, -0.2) is 0 Å². The second-order valence-corrected chi connectivity index (χ2v) is 7.58. The van der Waals surface area contributed by atoms with Gasteiger partial charge in [0.15, 0.2) is 0 Å². The van der Waals surface area contributed by atoms with Crippen LogP contribution in [0.15, 0.2) is 18.2 Å².